The maximum atomic E-state index is 4.64. The Morgan fingerprint density at radius 1 is 1.08 bits per heavy atom. The average Bonchev–Trinajstić information content (AvgIpc) is 2.79. The van der Waals surface area contributed by atoms with Crippen molar-refractivity contribution in [2.75, 3.05) is 5.32 Å². The first-order chi connectivity index (χ1) is 11.5. The fourth-order valence-corrected chi connectivity index (χ4v) is 3.30. The highest BCUT2D eigenvalue weighted by atomic mass is 35.5. The van der Waals surface area contributed by atoms with E-state index in [0.717, 1.165) is 18.9 Å². The van der Waals surface area contributed by atoms with Gasteiger partial charge in [-0.25, -0.2) is 4.98 Å². The van der Waals surface area contributed by atoms with Gasteiger partial charge in [-0.2, -0.15) is 0 Å². The molecule has 0 atom stereocenters. The Morgan fingerprint density at radius 2 is 1.80 bits per heavy atom. The minimum atomic E-state index is 0. The zero-order valence-corrected chi connectivity index (χ0v) is 16.6. The minimum absolute atomic E-state index is 0. The number of hydrogen-bond acceptors (Lipinski definition) is 2. The van der Waals surface area contributed by atoms with Crippen LogP contribution in [0, 0.1) is 26.7 Å². The van der Waals surface area contributed by atoms with Crippen molar-refractivity contribution in [1.82, 2.24) is 9.55 Å². The molecule has 4 heteroatoms. The summed E-state index contributed by atoms with van der Waals surface area (Å²) < 4.78 is 2.42. The third-order valence-electron chi connectivity index (χ3n) is 4.80. The highest BCUT2D eigenvalue weighted by Gasteiger charge is 2.16. The van der Waals surface area contributed by atoms with E-state index in [1.165, 1.54) is 33.3 Å². The quantitative estimate of drug-likeness (QED) is 0.639. The van der Waals surface area contributed by atoms with Crippen molar-refractivity contribution in [3.63, 3.8) is 0 Å². The van der Waals surface area contributed by atoms with Crippen LogP contribution in [0.5, 0.6) is 0 Å². The Morgan fingerprint density at radius 3 is 2.48 bits per heavy atom. The number of fused-ring (bicyclic) bond motifs is 1. The van der Waals surface area contributed by atoms with Crippen LogP contribution in [-0.2, 0) is 13.1 Å². The van der Waals surface area contributed by atoms with Crippen LogP contribution >= 0.6 is 12.4 Å². The van der Waals surface area contributed by atoms with E-state index in [1.54, 1.807) is 0 Å². The maximum absolute atomic E-state index is 4.64. The second-order valence-electron chi connectivity index (χ2n) is 7.05. The molecule has 0 amide bonds. The topological polar surface area (TPSA) is 29.9 Å². The fourth-order valence-electron chi connectivity index (χ4n) is 3.30. The number of hydrogen-bond donors (Lipinski definition) is 1. The first-order valence-corrected chi connectivity index (χ1v) is 8.71. The van der Waals surface area contributed by atoms with E-state index in [1.807, 2.05) is 6.20 Å². The van der Waals surface area contributed by atoms with Crippen LogP contribution in [0.4, 0.5) is 5.82 Å². The van der Waals surface area contributed by atoms with Gasteiger partial charge in [-0.05, 0) is 49.4 Å². The molecule has 0 unspecified atom stereocenters. The van der Waals surface area contributed by atoms with Crippen LogP contribution in [0.2, 0.25) is 0 Å². The van der Waals surface area contributed by atoms with Gasteiger partial charge in [-0.3, -0.25) is 0 Å². The van der Waals surface area contributed by atoms with Crippen molar-refractivity contribution in [3.05, 3.63) is 58.9 Å². The zero-order chi connectivity index (χ0) is 17.3. The molecule has 25 heavy (non-hydrogen) atoms. The molecule has 0 aliphatic carbocycles. The number of aromatic nitrogens is 2. The molecular weight excluding hydrogens is 330 g/mol. The number of benzene rings is 1. The van der Waals surface area contributed by atoms with Gasteiger partial charge in [0.15, 0.2) is 5.82 Å². The Kier molecular flexibility index (Phi) is 6.12. The third kappa shape index (κ3) is 3.82. The molecule has 0 aliphatic heterocycles. The predicted octanol–water partition coefficient (Wildman–Crippen LogP) is 5.65. The highest BCUT2D eigenvalue weighted by Crippen LogP contribution is 2.30. The predicted molar refractivity (Wildman–Crippen MR) is 110 cm³/mol. The van der Waals surface area contributed by atoms with Gasteiger partial charge in [-0.15, -0.1) is 12.4 Å². The summed E-state index contributed by atoms with van der Waals surface area (Å²) >= 11 is 0. The van der Waals surface area contributed by atoms with Crippen molar-refractivity contribution in [1.29, 1.82) is 0 Å². The maximum Gasteiger partial charge on any atom is 0.150 e. The first kappa shape index (κ1) is 19.3. The van der Waals surface area contributed by atoms with Crippen molar-refractivity contribution < 1.29 is 0 Å². The Bertz CT molecular complexity index is 865. The molecule has 134 valence electrons. The van der Waals surface area contributed by atoms with Crippen LogP contribution in [0.25, 0.3) is 10.9 Å². The smallest absolute Gasteiger partial charge is 0.150 e. The zero-order valence-electron chi connectivity index (χ0n) is 15.8. The highest BCUT2D eigenvalue weighted by molar-refractivity contribution is 5.93. The molecule has 0 radical (unpaired) electrons. The summed E-state index contributed by atoms with van der Waals surface area (Å²) in [6.45, 7) is 12.9. The first-order valence-electron chi connectivity index (χ1n) is 8.71. The Hall–Kier alpha value is -2.00. The molecule has 0 saturated heterocycles. The molecule has 0 aliphatic rings. The molecule has 0 spiro atoms. The molecule has 3 aromatic rings. The van der Waals surface area contributed by atoms with Crippen LogP contribution < -0.4 is 5.32 Å². The standard InChI is InChI=1S/C21H27N3.ClH/c1-14(2)13-24-17(5)16(4)19-10-11-22-21(20(19)24)23-12-18-9-7-6-8-15(18)3;/h6-11,14H,12-13H2,1-5H3,(H,22,23);1H. The Labute approximate surface area is 156 Å². The van der Waals surface area contributed by atoms with Crippen LogP contribution in [0.3, 0.4) is 0 Å². The third-order valence-corrected chi connectivity index (χ3v) is 4.80. The minimum Gasteiger partial charge on any atom is -0.364 e. The van der Waals surface area contributed by atoms with E-state index in [2.05, 4.69) is 79.8 Å². The van der Waals surface area contributed by atoms with Crippen molar-refractivity contribution >= 4 is 29.1 Å². The normalized spacial score (nSPS) is 11.0. The number of nitrogens with zero attached hydrogens (tertiary/aromatic N) is 2. The average molecular weight is 358 g/mol. The lowest BCUT2D eigenvalue weighted by Crippen LogP contribution is -2.09. The van der Waals surface area contributed by atoms with Crippen molar-refractivity contribution in [2.45, 2.75) is 47.7 Å². The second kappa shape index (κ2) is 7.92. The van der Waals surface area contributed by atoms with Gasteiger partial charge in [0.25, 0.3) is 0 Å². The molecule has 0 saturated carbocycles. The lowest BCUT2D eigenvalue weighted by atomic mass is 10.1. The lowest BCUT2D eigenvalue weighted by molar-refractivity contribution is 0.527. The van der Waals surface area contributed by atoms with Gasteiger partial charge >= 0.3 is 0 Å². The lowest BCUT2D eigenvalue weighted by Gasteiger charge is -2.14. The molecule has 1 aromatic carbocycles. The van der Waals surface area contributed by atoms with Crippen molar-refractivity contribution in [2.24, 2.45) is 5.92 Å². The summed E-state index contributed by atoms with van der Waals surface area (Å²) in [6.07, 6.45) is 1.91. The monoisotopic (exact) mass is 357 g/mol. The van der Waals surface area contributed by atoms with E-state index in [-0.39, 0.29) is 12.4 Å². The van der Waals surface area contributed by atoms with Gasteiger partial charge in [0.1, 0.15) is 0 Å². The molecule has 2 aromatic heterocycles. The van der Waals surface area contributed by atoms with E-state index in [0.29, 0.717) is 5.92 Å². The summed E-state index contributed by atoms with van der Waals surface area (Å²) in [5.41, 5.74) is 6.54. The summed E-state index contributed by atoms with van der Waals surface area (Å²) in [5, 5.41) is 4.87. The van der Waals surface area contributed by atoms with Crippen LogP contribution in [-0.4, -0.2) is 9.55 Å². The molecule has 1 N–H and O–H groups in total. The number of halogens is 1. The molecule has 0 bridgehead atoms. The molecule has 2 heterocycles. The second-order valence-corrected chi connectivity index (χ2v) is 7.05. The van der Waals surface area contributed by atoms with Gasteiger partial charge in [-0.1, -0.05) is 38.1 Å². The molecule has 3 rings (SSSR count). The van der Waals surface area contributed by atoms with Gasteiger partial charge in [0, 0.05) is 30.4 Å². The van der Waals surface area contributed by atoms with Gasteiger partial charge in [0.2, 0.25) is 0 Å². The van der Waals surface area contributed by atoms with E-state index in [4.69, 9.17) is 0 Å². The van der Waals surface area contributed by atoms with Crippen molar-refractivity contribution in [3.8, 4) is 0 Å². The van der Waals surface area contributed by atoms with Crippen LogP contribution in [0.1, 0.15) is 36.2 Å². The molecule has 3 nitrogen and oxygen atoms in total. The summed E-state index contributed by atoms with van der Waals surface area (Å²) in [6, 6.07) is 10.6. The van der Waals surface area contributed by atoms with Gasteiger partial charge in [0.05, 0.1) is 5.52 Å². The van der Waals surface area contributed by atoms with E-state index in [9.17, 15) is 0 Å². The largest absolute Gasteiger partial charge is 0.364 e. The fraction of sp³-hybridized carbons (Fsp3) is 0.381. The number of rotatable bonds is 5. The molecule has 0 fully saturated rings. The number of nitrogens with one attached hydrogen (secondary N) is 1. The summed E-state index contributed by atoms with van der Waals surface area (Å²) in [5.74, 6) is 1.58. The number of aryl methyl sites for hydroxylation is 2. The van der Waals surface area contributed by atoms with Crippen LogP contribution in [0.15, 0.2) is 36.5 Å². The number of anilines is 1. The SMILES string of the molecule is Cc1ccccc1CNc1nccc2c(C)c(C)n(CC(C)C)c12.Cl. The van der Waals surface area contributed by atoms with E-state index >= 15 is 0 Å². The number of pyridine rings is 1. The Balaban J connectivity index is 0.00000225. The van der Waals surface area contributed by atoms with E-state index < -0.39 is 0 Å². The summed E-state index contributed by atoms with van der Waals surface area (Å²) in [4.78, 5) is 4.64. The summed E-state index contributed by atoms with van der Waals surface area (Å²) in [7, 11) is 0. The van der Waals surface area contributed by atoms with Gasteiger partial charge < -0.3 is 9.88 Å². The molecular formula is C21H28ClN3.